The van der Waals surface area contributed by atoms with Crippen molar-refractivity contribution in [3.63, 3.8) is 0 Å². The monoisotopic (exact) mass is 336 g/mol. The van der Waals surface area contributed by atoms with Crippen molar-refractivity contribution in [2.24, 2.45) is 0 Å². The van der Waals surface area contributed by atoms with Crippen LogP contribution in [0.2, 0.25) is 0 Å². The Morgan fingerprint density at radius 3 is 2.35 bits per heavy atom. The molecule has 1 aromatic carbocycles. The number of amides is 1. The number of nitrogens with one attached hydrogen (secondary N) is 1. The second kappa shape index (κ2) is 6.27. The molecule has 1 aliphatic heterocycles. The summed E-state index contributed by atoms with van der Waals surface area (Å²) in [5.41, 5.74) is 1.96. The molecule has 1 N–H and O–H groups in total. The number of carbonyl (C=O) groups excluding carboxylic acids is 1. The van der Waals surface area contributed by atoms with Crippen molar-refractivity contribution in [3.05, 3.63) is 35.4 Å². The van der Waals surface area contributed by atoms with Crippen LogP contribution in [0.5, 0.6) is 0 Å². The fraction of sp³-hybridized carbons (Fsp3) is 0.562. The number of nitrogens with zero attached hydrogens (tertiary/aromatic N) is 1. The second-order valence-electron chi connectivity index (χ2n) is 5.85. The van der Waals surface area contributed by atoms with E-state index in [4.69, 9.17) is 0 Å². The SMILES string of the molecule is O=C(NC1CCN(C2CC2)CC1)c1ccc(CBr)cc1. The van der Waals surface area contributed by atoms with Crippen LogP contribution >= 0.6 is 15.9 Å². The summed E-state index contributed by atoms with van der Waals surface area (Å²) in [6, 6.07) is 9.01. The topological polar surface area (TPSA) is 32.3 Å². The number of carbonyl (C=O) groups is 1. The highest BCUT2D eigenvalue weighted by Gasteiger charge is 2.32. The highest BCUT2D eigenvalue weighted by molar-refractivity contribution is 9.08. The van der Waals surface area contributed by atoms with Gasteiger partial charge in [-0.05, 0) is 43.4 Å². The second-order valence-corrected chi connectivity index (χ2v) is 6.41. The minimum Gasteiger partial charge on any atom is -0.349 e. The molecule has 1 saturated carbocycles. The van der Waals surface area contributed by atoms with Gasteiger partial charge in [-0.2, -0.15) is 0 Å². The van der Waals surface area contributed by atoms with Crippen molar-refractivity contribution in [3.8, 4) is 0 Å². The first-order valence-electron chi connectivity index (χ1n) is 7.46. The van der Waals surface area contributed by atoms with E-state index in [1.807, 2.05) is 24.3 Å². The third kappa shape index (κ3) is 3.41. The first-order valence-corrected chi connectivity index (χ1v) is 8.58. The summed E-state index contributed by atoms with van der Waals surface area (Å²) in [4.78, 5) is 14.8. The van der Waals surface area contributed by atoms with Gasteiger partial charge >= 0.3 is 0 Å². The maximum absolute atomic E-state index is 12.2. The molecule has 1 heterocycles. The van der Waals surface area contributed by atoms with Crippen LogP contribution in [0.4, 0.5) is 0 Å². The van der Waals surface area contributed by atoms with Gasteiger partial charge in [-0.15, -0.1) is 0 Å². The number of hydrogen-bond acceptors (Lipinski definition) is 2. The molecule has 1 aliphatic carbocycles. The highest BCUT2D eigenvalue weighted by atomic mass is 79.9. The lowest BCUT2D eigenvalue weighted by atomic mass is 10.0. The van der Waals surface area contributed by atoms with Gasteiger partial charge in [0, 0.05) is 36.1 Å². The number of rotatable bonds is 4. The number of piperidine rings is 1. The molecule has 0 bridgehead atoms. The summed E-state index contributed by atoms with van der Waals surface area (Å²) in [5, 5.41) is 4.00. The predicted octanol–water partition coefficient (Wildman–Crippen LogP) is 2.94. The largest absolute Gasteiger partial charge is 0.349 e. The van der Waals surface area contributed by atoms with Gasteiger partial charge in [-0.25, -0.2) is 0 Å². The summed E-state index contributed by atoms with van der Waals surface area (Å²) >= 11 is 3.42. The van der Waals surface area contributed by atoms with Gasteiger partial charge in [0.05, 0.1) is 0 Å². The molecule has 1 amide bonds. The molecule has 0 aromatic heterocycles. The lowest BCUT2D eigenvalue weighted by Crippen LogP contribution is -2.45. The lowest BCUT2D eigenvalue weighted by molar-refractivity contribution is 0.0909. The van der Waals surface area contributed by atoms with Gasteiger partial charge in [0.15, 0.2) is 0 Å². The molecule has 108 valence electrons. The smallest absolute Gasteiger partial charge is 0.251 e. The maximum Gasteiger partial charge on any atom is 0.251 e. The van der Waals surface area contributed by atoms with E-state index in [2.05, 4.69) is 26.1 Å². The Balaban J connectivity index is 1.50. The quantitative estimate of drug-likeness (QED) is 0.857. The van der Waals surface area contributed by atoms with Crippen LogP contribution in [-0.2, 0) is 5.33 Å². The van der Waals surface area contributed by atoms with E-state index in [1.165, 1.54) is 18.4 Å². The summed E-state index contributed by atoms with van der Waals surface area (Å²) in [5.74, 6) is 0.0657. The average molecular weight is 337 g/mol. The van der Waals surface area contributed by atoms with Crippen LogP contribution in [0.3, 0.4) is 0 Å². The Hall–Kier alpha value is -0.870. The van der Waals surface area contributed by atoms with E-state index in [-0.39, 0.29) is 5.91 Å². The minimum absolute atomic E-state index is 0.0657. The van der Waals surface area contributed by atoms with E-state index >= 15 is 0 Å². The van der Waals surface area contributed by atoms with Crippen molar-refractivity contribution in [2.45, 2.75) is 43.1 Å². The van der Waals surface area contributed by atoms with Crippen LogP contribution in [0.1, 0.15) is 41.6 Å². The van der Waals surface area contributed by atoms with E-state index in [0.717, 1.165) is 42.9 Å². The van der Waals surface area contributed by atoms with Gasteiger partial charge in [-0.1, -0.05) is 28.1 Å². The first kappa shape index (κ1) is 14.1. The molecule has 1 aromatic rings. The van der Waals surface area contributed by atoms with Crippen LogP contribution in [0.25, 0.3) is 0 Å². The van der Waals surface area contributed by atoms with Crippen molar-refractivity contribution in [1.82, 2.24) is 10.2 Å². The zero-order valence-corrected chi connectivity index (χ0v) is 13.2. The molecule has 2 fully saturated rings. The van der Waals surface area contributed by atoms with Crippen LogP contribution in [0.15, 0.2) is 24.3 Å². The van der Waals surface area contributed by atoms with Crippen LogP contribution in [-0.4, -0.2) is 36.0 Å². The molecular weight excluding hydrogens is 316 g/mol. The van der Waals surface area contributed by atoms with E-state index < -0.39 is 0 Å². The molecule has 0 radical (unpaired) electrons. The molecule has 3 nitrogen and oxygen atoms in total. The van der Waals surface area contributed by atoms with E-state index in [0.29, 0.717) is 6.04 Å². The number of hydrogen-bond donors (Lipinski definition) is 1. The molecule has 0 unspecified atom stereocenters. The van der Waals surface area contributed by atoms with Gasteiger partial charge in [0.25, 0.3) is 5.91 Å². The Morgan fingerprint density at radius 2 is 1.80 bits per heavy atom. The van der Waals surface area contributed by atoms with Gasteiger partial charge in [0.1, 0.15) is 0 Å². The first-order chi connectivity index (χ1) is 9.76. The number of benzene rings is 1. The summed E-state index contributed by atoms with van der Waals surface area (Å²) in [6.45, 7) is 2.27. The predicted molar refractivity (Wildman–Crippen MR) is 84.2 cm³/mol. The minimum atomic E-state index is 0.0657. The molecule has 20 heavy (non-hydrogen) atoms. The normalized spacial score (nSPS) is 20.9. The third-order valence-electron chi connectivity index (χ3n) is 4.30. The molecule has 1 saturated heterocycles. The number of halogens is 1. The van der Waals surface area contributed by atoms with Crippen molar-refractivity contribution >= 4 is 21.8 Å². The Morgan fingerprint density at radius 1 is 1.15 bits per heavy atom. The molecule has 3 rings (SSSR count). The lowest BCUT2D eigenvalue weighted by Gasteiger charge is -2.32. The average Bonchev–Trinajstić information content (AvgIpc) is 3.33. The standard InChI is InChI=1S/C16H21BrN2O/c17-11-12-1-3-13(4-2-12)16(20)18-14-7-9-19(10-8-14)15-5-6-15/h1-4,14-15H,5-11H2,(H,18,20). The Bertz CT molecular complexity index is 462. The van der Waals surface area contributed by atoms with Gasteiger partial charge in [0.2, 0.25) is 0 Å². The van der Waals surface area contributed by atoms with Gasteiger partial charge in [-0.3, -0.25) is 4.79 Å². The Kier molecular flexibility index (Phi) is 4.41. The molecular formula is C16H21BrN2O. The molecule has 0 spiro atoms. The van der Waals surface area contributed by atoms with Crippen molar-refractivity contribution < 1.29 is 4.79 Å². The van der Waals surface area contributed by atoms with Gasteiger partial charge < -0.3 is 10.2 Å². The van der Waals surface area contributed by atoms with E-state index in [1.54, 1.807) is 0 Å². The fourth-order valence-electron chi connectivity index (χ4n) is 2.86. The number of likely N-dealkylation sites (tertiary alicyclic amines) is 1. The zero-order valence-electron chi connectivity index (χ0n) is 11.6. The van der Waals surface area contributed by atoms with Crippen molar-refractivity contribution in [2.75, 3.05) is 13.1 Å². The van der Waals surface area contributed by atoms with Crippen LogP contribution in [0, 0.1) is 0 Å². The highest BCUT2D eigenvalue weighted by Crippen LogP contribution is 2.29. The summed E-state index contributed by atoms with van der Waals surface area (Å²) < 4.78 is 0. The van der Waals surface area contributed by atoms with Crippen LogP contribution < -0.4 is 5.32 Å². The van der Waals surface area contributed by atoms with Crippen molar-refractivity contribution in [1.29, 1.82) is 0 Å². The summed E-state index contributed by atoms with van der Waals surface area (Å²) in [6.07, 6.45) is 4.91. The Labute approximate surface area is 128 Å². The fourth-order valence-corrected chi connectivity index (χ4v) is 3.24. The zero-order chi connectivity index (χ0) is 13.9. The number of alkyl halides is 1. The molecule has 2 aliphatic rings. The summed E-state index contributed by atoms with van der Waals surface area (Å²) in [7, 11) is 0. The molecule has 0 atom stereocenters. The molecule has 4 heteroatoms. The van der Waals surface area contributed by atoms with E-state index in [9.17, 15) is 4.79 Å². The maximum atomic E-state index is 12.2. The third-order valence-corrected chi connectivity index (χ3v) is 4.95.